The number of carbonyl (C=O) groups excluding carboxylic acids is 1. The van der Waals surface area contributed by atoms with Crippen LogP contribution in [0.1, 0.15) is 58.3 Å². The third-order valence-corrected chi connectivity index (χ3v) is 7.16. The van der Waals surface area contributed by atoms with Crippen LogP contribution in [-0.2, 0) is 23.7 Å². The summed E-state index contributed by atoms with van der Waals surface area (Å²) in [6, 6.07) is -1.26. The molecule has 12 heteroatoms. The van der Waals surface area contributed by atoms with Gasteiger partial charge in [0.2, 0.25) is 5.91 Å². The van der Waals surface area contributed by atoms with Crippen LogP contribution in [0.3, 0.4) is 0 Å². The van der Waals surface area contributed by atoms with E-state index in [4.69, 9.17) is 30.4 Å². The van der Waals surface area contributed by atoms with Gasteiger partial charge < -0.3 is 56.4 Å². The fourth-order valence-electron chi connectivity index (χ4n) is 4.80. The molecule has 2 aliphatic carbocycles. The lowest BCUT2D eigenvalue weighted by atomic mass is 9.83. The number of allylic oxidation sites excluding steroid dienone is 1. The SMILES string of the molecule is CC[C@@H](O)[C@H](OCCO)O[C@@H]1[C@@H](O)[C@H](O[C@@H]2CCC=C(CNCC3CC3)O2)[C@@H](N)C[C@H]1NC(=O)CCCN. The average molecular weight is 545 g/mol. The second-order valence-corrected chi connectivity index (χ2v) is 10.5. The van der Waals surface area contributed by atoms with Gasteiger partial charge in [-0.05, 0) is 63.6 Å². The zero-order valence-corrected chi connectivity index (χ0v) is 22.5. The summed E-state index contributed by atoms with van der Waals surface area (Å²) >= 11 is 0. The minimum Gasteiger partial charge on any atom is -0.468 e. The highest BCUT2D eigenvalue weighted by Gasteiger charge is 2.47. The van der Waals surface area contributed by atoms with Gasteiger partial charge in [-0.3, -0.25) is 4.79 Å². The molecule has 0 aromatic heterocycles. The number of aliphatic hydroxyl groups excluding tert-OH is 3. The molecule has 0 aromatic carbocycles. The maximum atomic E-state index is 12.5. The van der Waals surface area contributed by atoms with E-state index in [-0.39, 0.29) is 32.0 Å². The Morgan fingerprint density at radius 3 is 2.76 bits per heavy atom. The van der Waals surface area contributed by atoms with Gasteiger partial charge in [-0.1, -0.05) is 6.92 Å². The van der Waals surface area contributed by atoms with E-state index >= 15 is 0 Å². The summed E-state index contributed by atoms with van der Waals surface area (Å²) in [5, 5.41) is 37.4. The molecule has 0 saturated heterocycles. The van der Waals surface area contributed by atoms with E-state index in [2.05, 4.69) is 10.6 Å². The Hall–Kier alpha value is -1.35. The van der Waals surface area contributed by atoms with Crippen molar-refractivity contribution in [1.82, 2.24) is 10.6 Å². The number of rotatable bonds is 17. The van der Waals surface area contributed by atoms with Crippen molar-refractivity contribution < 1.29 is 39.1 Å². The van der Waals surface area contributed by atoms with Crippen molar-refractivity contribution in [2.24, 2.45) is 17.4 Å². The zero-order valence-electron chi connectivity index (χ0n) is 22.5. The highest BCUT2D eigenvalue weighted by atomic mass is 16.7. The monoisotopic (exact) mass is 544 g/mol. The fraction of sp³-hybridized carbons (Fsp3) is 0.885. The Bertz CT molecular complexity index is 740. The first kappa shape index (κ1) is 31.2. The molecule has 3 rings (SSSR count). The van der Waals surface area contributed by atoms with E-state index in [1.54, 1.807) is 6.92 Å². The molecule has 2 saturated carbocycles. The first-order chi connectivity index (χ1) is 18.4. The normalized spacial score (nSPS) is 31.3. The average Bonchev–Trinajstić information content (AvgIpc) is 3.73. The molecule has 3 aliphatic rings. The van der Waals surface area contributed by atoms with E-state index in [0.717, 1.165) is 24.6 Å². The van der Waals surface area contributed by atoms with Crippen LogP contribution < -0.4 is 22.1 Å². The van der Waals surface area contributed by atoms with Crippen LogP contribution in [0.4, 0.5) is 0 Å². The van der Waals surface area contributed by atoms with Crippen molar-refractivity contribution >= 4 is 5.91 Å². The molecular weight excluding hydrogens is 496 g/mol. The molecule has 220 valence electrons. The summed E-state index contributed by atoms with van der Waals surface area (Å²) in [6.45, 7) is 3.42. The van der Waals surface area contributed by atoms with Gasteiger partial charge in [0.1, 0.15) is 30.2 Å². The third kappa shape index (κ3) is 9.68. The minimum absolute atomic E-state index is 0.0582. The molecule has 0 unspecified atom stereocenters. The van der Waals surface area contributed by atoms with Gasteiger partial charge >= 0.3 is 0 Å². The molecule has 9 N–H and O–H groups in total. The first-order valence-electron chi connectivity index (χ1n) is 14.1. The standard InChI is InChI=1S/C26H48N4O8/c1-2-20(32)26(35-12-11-31)38-25-19(30-21(33)6-4-10-27)13-18(28)24(23(25)34)37-22-7-3-5-17(36-22)15-29-14-16-8-9-16/h5,16,18-20,22-26,29,31-32,34H,2-4,6-15,27-28H2,1H3,(H,30,33)/t18-,19+,20+,22+,23-,24+,25-,26+/m0/s1. The number of nitrogens with one attached hydrogen (secondary N) is 2. The molecule has 1 heterocycles. The summed E-state index contributed by atoms with van der Waals surface area (Å²) in [7, 11) is 0. The fourth-order valence-corrected chi connectivity index (χ4v) is 4.80. The van der Waals surface area contributed by atoms with Gasteiger partial charge in [-0.15, -0.1) is 0 Å². The van der Waals surface area contributed by atoms with Crippen LogP contribution in [0.25, 0.3) is 0 Å². The molecule has 38 heavy (non-hydrogen) atoms. The lowest BCUT2D eigenvalue weighted by molar-refractivity contribution is -0.269. The predicted octanol–water partition coefficient (Wildman–Crippen LogP) is -0.802. The Morgan fingerprint density at radius 2 is 2.08 bits per heavy atom. The highest BCUT2D eigenvalue weighted by Crippen LogP contribution is 2.30. The summed E-state index contributed by atoms with van der Waals surface area (Å²) in [5.74, 6) is 1.33. The molecule has 2 fully saturated rings. The van der Waals surface area contributed by atoms with Crippen LogP contribution in [-0.4, -0.2) is 103 Å². The maximum Gasteiger partial charge on any atom is 0.220 e. The highest BCUT2D eigenvalue weighted by molar-refractivity contribution is 5.76. The number of hydrogen-bond donors (Lipinski definition) is 7. The van der Waals surface area contributed by atoms with Gasteiger partial charge in [0.05, 0.1) is 25.8 Å². The summed E-state index contributed by atoms with van der Waals surface area (Å²) in [6.07, 6.45) is 1.57. The molecule has 0 radical (unpaired) electrons. The molecule has 0 bridgehead atoms. The van der Waals surface area contributed by atoms with Crippen molar-refractivity contribution in [3.8, 4) is 0 Å². The Morgan fingerprint density at radius 1 is 1.29 bits per heavy atom. The number of amides is 1. The van der Waals surface area contributed by atoms with Crippen LogP contribution in [0.15, 0.2) is 11.8 Å². The number of aliphatic hydroxyl groups is 3. The zero-order chi connectivity index (χ0) is 27.5. The molecular formula is C26H48N4O8. The molecule has 8 atom stereocenters. The Kier molecular flexibility index (Phi) is 13.2. The molecule has 0 spiro atoms. The quantitative estimate of drug-likeness (QED) is 0.113. The topological polar surface area (TPSA) is 191 Å². The van der Waals surface area contributed by atoms with Gasteiger partial charge in [-0.2, -0.15) is 0 Å². The van der Waals surface area contributed by atoms with E-state index < -0.39 is 49.1 Å². The molecule has 1 amide bonds. The van der Waals surface area contributed by atoms with Crippen molar-refractivity contribution in [2.45, 2.75) is 107 Å². The summed E-state index contributed by atoms with van der Waals surface area (Å²) in [5.41, 5.74) is 12.0. The van der Waals surface area contributed by atoms with Crippen LogP contribution in [0.5, 0.6) is 0 Å². The van der Waals surface area contributed by atoms with Crippen LogP contribution in [0.2, 0.25) is 0 Å². The lowest BCUT2D eigenvalue weighted by Crippen LogP contribution is -2.66. The van der Waals surface area contributed by atoms with E-state index in [9.17, 15) is 20.1 Å². The van der Waals surface area contributed by atoms with Crippen molar-refractivity contribution in [2.75, 3.05) is 32.8 Å². The second kappa shape index (κ2) is 16.0. The van der Waals surface area contributed by atoms with E-state index in [1.165, 1.54) is 12.8 Å². The minimum atomic E-state index is -1.24. The van der Waals surface area contributed by atoms with Gasteiger partial charge in [0.25, 0.3) is 0 Å². The second-order valence-electron chi connectivity index (χ2n) is 10.5. The van der Waals surface area contributed by atoms with Crippen molar-refractivity contribution in [3.05, 3.63) is 11.8 Å². The largest absolute Gasteiger partial charge is 0.468 e. The number of nitrogens with two attached hydrogens (primary N) is 2. The van der Waals surface area contributed by atoms with E-state index in [0.29, 0.717) is 32.4 Å². The smallest absolute Gasteiger partial charge is 0.220 e. The summed E-state index contributed by atoms with van der Waals surface area (Å²) in [4.78, 5) is 12.5. The first-order valence-corrected chi connectivity index (χ1v) is 14.1. The van der Waals surface area contributed by atoms with Gasteiger partial charge in [0, 0.05) is 18.9 Å². The Balaban J connectivity index is 1.67. The maximum absolute atomic E-state index is 12.5. The number of ether oxygens (including phenoxy) is 4. The predicted molar refractivity (Wildman–Crippen MR) is 139 cm³/mol. The number of carbonyl (C=O) groups is 1. The molecule has 0 aromatic rings. The van der Waals surface area contributed by atoms with Crippen molar-refractivity contribution in [3.63, 3.8) is 0 Å². The number of hydrogen-bond acceptors (Lipinski definition) is 11. The molecule has 12 nitrogen and oxygen atoms in total. The molecule has 1 aliphatic heterocycles. The lowest BCUT2D eigenvalue weighted by Gasteiger charge is -2.45. The Labute approximate surface area is 225 Å². The van der Waals surface area contributed by atoms with Gasteiger partial charge in [-0.25, -0.2) is 0 Å². The van der Waals surface area contributed by atoms with Crippen molar-refractivity contribution in [1.29, 1.82) is 0 Å². The van der Waals surface area contributed by atoms with Crippen LogP contribution >= 0.6 is 0 Å². The third-order valence-electron chi connectivity index (χ3n) is 7.16. The van der Waals surface area contributed by atoms with Crippen LogP contribution in [0, 0.1) is 5.92 Å². The van der Waals surface area contributed by atoms with Gasteiger partial charge in [0.15, 0.2) is 12.6 Å². The van der Waals surface area contributed by atoms with E-state index in [1.807, 2.05) is 6.08 Å². The summed E-state index contributed by atoms with van der Waals surface area (Å²) < 4.78 is 23.9.